The molecule has 4 rings (SSSR count). The lowest BCUT2D eigenvalue weighted by Crippen LogP contribution is -2.34. The Morgan fingerprint density at radius 1 is 1.12 bits per heavy atom. The van der Waals surface area contributed by atoms with E-state index < -0.39 is 0 Å². The van der Waals surface area contributed by atoms with Crippen LogP contribution in [-0.2, 0) is 11.2 Å². The highest BCUT2D eigenvalue weighted by atomic mass is 32.2. The first-order chi connectivity index (χ1) is 12.7. The molecular weight excluding hydrogens is 342 g/mol. The van der Waals surface area contributed by atoms with Crippen LogP contribution >= 0.6 is 11.8 Å². The first-order valence-corrected chi connectivity index (χ1v) is 9.85. The number of benzene rings is 2. The summed E-state index contributed by atoms with van der Waals surface area (Å²) >= 11 is 1.85. The van der Waals surface area contributed by atoms with Gasteiger partial charge < -0.3 is 4.90 Å². The van der Waals surface area contributed by atoms with E-state index >= 15 is 0 Å². The SMILES string of the molecule is CC(=O)N1CCSC1Cc1cnn(-c2ccccc2)c1-c1ccccc1. The van der Waals surface area contributed by atoms with Crippen molar-refractivity contribution in [1.29, 1.82) is 0 Å². The van der Waals surface area contributed by atoms with Crippen molar-refractivity contribution in [1.82, 2.24) is 14.7 Å². The average Bonchev–Trinajstić information content (AvgIpc) is 3.31. The van der Waals surface area contributed by atoms with Crippen molar-refractivity contribution in [3.8, 4) is 16.9 Å². The van der Waals surface area contributed by atoms with Crippen molar-refractivity contribution >= 4 is 17.7 Å². The molecule has 0 bridgehead atoms. The third-order valence-corrected chi connectivity index (χ3v) is 5.91. The van der Waals surface area contributed by atoms with E-state index in [1.807, 2.05) is 63.9 Å². The Balaban J connectivity index is 1.76. The molecule has 1 aliphatic rings. The van der Waals surface area contributed by atoms with E-state index in [0.717, 1.165) is 35.7 Å². The van der Waals surface area contributed by atoms with Gasteiger partial charge in [-0.3, -0.25) is 4.79 Å². The molecule has 1 saturated heterocycles. The van der Waals surface area contributed by atoms with E-state index in [2.05, 4.69) is 29.4 Å². The van der Waals surface area contributed by atoms with Crippen molar-refractivity contribution in [2.45, 2.75) is 18.7 Å². The Kier molecular flexibility index (Phi) is 4.80. The quantitative estimate of drug-likeness (QED) is 0.703. The van der Waals surface area contributed by atoms with Gasteiger partial charge in [0.05, 0.1) is 23.0 Å². The average molecular weight is 363 g/mol. The number of hydrogen-bond acceptors (Lipinski definition) is 3. The number of rotatable bonds is 4. The normalized spacial score (nSPS) is 16.8. The number of thioether (sulfide) groups is 1. The standard InChI is InChI=1S/C21H21N3OS/c1-16(25)23-12-13-26-20(23)14-18-15-22-24(19-10-6-3-7-11-19)21(18)17-8-4-2-5-9-17/h2-11,15,20H,12-14H2,1H3. The number of hydrogen-bond donors (Lipinski definition) is 0. The molecule has 1 amide bonds. The summed E-state index contributed by atoms with van der Waals surface area (Å²) in [5.41, 5.74) is 4.46. The maximum atomic E-state index is 11.9. The zero-order chi connectivity index (χ0) is 17.9. The summed E-state index contributed by atoms with van der Waals surface area (Å²) in [4.78, 5) is 13.9. The molecule has 1 atom stereocenters. The van der Waals surface area contributed by atoms with E-state index in [1.165, 1.54) is 5.56 Å². The van der Waals surface area contributed by atoms with Crippen molar-refractivity contribution < 1.29 is 4.79 Å². The first kappa shape index (κ1) is 16.9. The Morgan fingerprint density at radius 2 is 1.81 bits per heavy atom. The molecule has 1 unspecified atom stereocenters. The summed E-state index contributed by atoms with van der Waals surface area (Å²) in [5, 5.41) is 4.86. The summed E-state index contributed by atoms with van der Waals surface area (Å²) in [6, 6.07) is 20.5. The lowest BCUT2D eigenvalue weighted by atomic mass is 10.0. The van der Waals surface area contributed by atoms with Gasteiger partial charge in [-0.2, -0.15) is 5.10 Å². The van der Waals surface area contributed by atoms with E-state index in [0.29, 0.717) is 0 Å². The zero-order valence-electron chi connectivity index (χ0n) is 14.7. The predicted octanol–water partition coefficient (Wildman–Crippen LogP) is 4.00. The van der Waals surface area contributed by atoms with Gasteiger partial charge in [-0.25, -0.2) is 4.68 Å². The van der Waals surface area contributed by atoms with Gasteiger partial charge >= 0.3 is 0 Å². The number of carbonyl (C=O) groups is 1. The number of carbonyl (C=O) groups excluding carboxylic acids is 1. The van der Waals surface area contributed by atoms with Gasteiger partial charge in [-0.1, -0.05) is 48.5 Å². The highest BCUT2D eigenvalue weighted by molar-refractivity contribution is 8.00. The summed E-state index contributed by atoms with van der Waals surface area (Å²) < 4.78 is 2.00. The first-order valence-electron chi connectivity index (χ1n) is 8.80. The molecular formula is C21H21N3OS. The lowest BCUT2D eigenvalue weighted by molar-refractivity contribution is -0.128. The Labute approximate surface area is 157 Å². The fourth-order valence-electron chi connectivity index (χ4n) is 3.44. The van der Waals surface area contributed by atoms with Crippen LogP contribution in [0.1, 0.15) is 12.5 Å². The van der Waals surface area contributed by atoms with Crippen molar-refractivity contribution in [3.63, 3.8) is 0 Å². The van der Waals surface area contributed by atoms with Crippen molar-refractivity contribution in [3.05, 3.63) is 72.4 Å². The van der Waals surface area contributed by atoms with Gasteiger partial charge in [0.2, 0.25) is 5.91 Å². The molecule has 1 fully saturated rings. The van der Waals surface area contributed by atoms with Gasteiger partial charge in [0, 0.05) is 36.8 Å². The van der Waals surface area contributed by atoms with Crippen LogP contribution in [0.5, 0.6) is 0 Å². The molecule has 26 heavy (non-hydrogen) atoms. The summed E-state index contributed by atoms with van der Waals surface area (Å²) in [7, 11) is 0. The third kappa shape index (κ3) is 3.27. The van der Waals surface area contributed by atoms with Crippen LogP contribution < -0.4 is 0 Å². The molecule has 0 aliphatic carbocycles. The second-order valence-corrected chi connectivity index (χ2v) is 7.66. The molecule has 2 aromatic carbocycles. The van der Waals surface area contributed by atoms with Crippen LogP contribution in [0.15, 0.2) is 66.9 Å². The largest absolute Gasteiger partial charge is 0.330 e. The molecule has 132 valence electrons. The third-order valence-electron chi connectivity index (χ3n) is 4.68. The van der Waals surface area contributed by atoms with Gasteiger partial charge in [0.25, 0.3) is 0 Å². The summed E-state index contributed by atoms with van der Waals surface area (Å²) in [5.74, 6) is 1.15. The zero-order valence-corrected chi connectivity index (χ0v) is 15.5. The molecule has 0 N–H and O–H groups in total. The fourth-order valence-corrected chi connectivity index (χ4v) is 4.74. The van der Waals surface area contributed by atoms with Gasteiger partial charge in [-0.05, 0) is 12.1 Å². The number of amides is 1. The van der Waals surface area contributed by atoms with Crippen LogP contribution in [0.3, 0.4) is 0 Å². The fraction of sp³-hybridized carbons (Fsp3) is 0.238. The molecule has 0 spiro atoms. The molecule has 2 heterocycles. The highest BCUT2D eigenvalue weighted by Gasteiger charge is 2.29. The van der Waals surface area contributed by atoms with E-state index in [-0.39, 0.29) is 11.3 Å². The minimum Gasteiger partial charge on any atom is -0.330 e. The molecule has 5 heteroatoms. The Bertz CT molecular complexity index is 892. The predicted molar refractivity (Wildman–Crippen MR) is 106 cm³/mol. The summed E-state index contributed by atoms with van der Waals surface area (Å²) in [6.07, 6.45) is 2.76. The minimum atomic E-state index is 0.150. The summed E-state index contributed by atoms with van der Waals surface area (Å²) in [6.45, 7) is 2.49. The number of nitrogens with zero attached hydrogens (tertiary/aromatic N) is 3. The highest BCUT2D eigenvalue weighted by Crippen LogP contribution is 2.32. The minimum absolute atomic E-state index is 0.150. The van der Waals surface area contributed by atoms with Crippen LogP contribution in [0.4, 0.5) is 0 Å². The van der Waals surface area contributed by atoms with E-state index in [4.69, 9.17) is 0 Å². The topological polar surface area (TPSA) is 38.1 Å². The van der Waals surface area contributed by atoms with Gasteiger partial charge in [0.1, 0.15) is 0 Å². The maximum Gasteiger partial charge on any atom is 0.220 e. The molecule has 0 saturated carbocycles. The second kappa shape index (κ2) is 7.38. The van der Waals surface area contributed by atoms with Gasteiger partial charge in [-0.15, -0.1) is 11.8 Å². The number of aromatic nitrogens is 2. The molecule has 1 aliphatic heterocycles. The van der Waals surface area contributed by atoms with Crippen LogP contribution in [0.25, 0.3) is 16.9 Å². The monoisotopic (exact) mass is 363 g/mol. The molecule has 1 aromatic heterocycles. The molecule has 4 nitrogen and oxygen atoms in total. The number of para-hydroxylation sites is 1. The lowest BCUT2D eigenvalue weighted by Gasteiger charge is -2.22. The van der Waals surface area contributed by atoms with Gasteiger partial charge in [0.15, 0.2) is 0 Å². The smallest absolute Gasteiger partial charge is 0.220 e. The van der Waals surface area contributed by atoms with Crippen molar-refractivity contribution in [2.24, 2.45) is 0 Å². The maximum absolute atomic E-state index is 11.9. The van der Waals surface area contributed by atoms with E-state index in [1.54, 1.807) is 6.92 Å². The molecule has 3 aromatic rings. The van der Waals surface area contributed by atoms with E-state index in [9.17, 15) is 4.79 Å². The molecule has 0 radical (unpaired) electrons. The Hall–Kier alpha value is -2.53. The van der Waals surface area contributed by atoms with Crippen LogP contribution in [0.2, 0.25) is 0 Å². The van der Waals surface area contributed by atoms with Crippen molar-refractivity contribution in [2.75, 3.05) is 12.3 Å². The van der Waals surface area contributed by atoms with Crippen LogP contribution in [-0.4, -0.2) is 38.3 Å². The second-order valence-electron chi connectivity index (χ2n) is 6.37. The Morgan fingerprint density at radius 3 is 2.50 bits per heavy atom. The van der Waals surface area contributed by atoms with Crippen LogP contribution in [0, 0.1) is 0 Å².